The molecule has 1 atom stereocenters. The number of rotatable bonds is 7. The summed E-state index contributed by atoms with van der Waals surface area (Å²) in [6, 6.07) is 7.93. The van der Waals surface area contributed by atoms with Gasteiger partial charge in [-0.25, -0.2) is 4.98 Å². The second-order valence-corrected chi connectivity index (χ2v) is 6.51. The summed E-state index contributed by atoms with van der Waals surface area (Å²) in [5, 5.41) is 0. The van der Waals surface area contributed by atoms with Crippen LogP contribution >= 0.6 is 0 Å². The standard InChI is InChI=1S/C20H26N2O4/c1-3-25-14-19(23)22-10-4-5-16(13-22)20-21-12-18(26-20)11-15-6-8-17(24-2)9-7-15/h6-9,12,16H,3-5,10-11,13-14H2,1-2H3/t16-/m0/s1. The number of oxazole rings is 1. The number of methoxy groups -OCH3 is 1. The van der Waals surface area contributed by atoms with E-state index in [2.05, 4.69) is 4.98 Å². The number of amides is 1. The molecule has 1 aliphatic heterocycles. The van der Waals surface area contributed by atoms with Gasteiger partial charge in [0.1, 0.15) is 18.1 Å². The number of likely N-dealkylation sites (tertiary alicyclic amines) is 1. The van der Waals surface area contributed by atoms with Crippen molar-refractivity contribution in [1.82, 2.24) is 9.88 Å². The summed E-state index contributed by atoms with van der Waals surface area (Å²) in [6.07, 6.45) is 4.43. The molecule has 1 aliphatic rings. The van der Waals surface area contributed by atoms with Crippen LogP contribution in [0.4, 0.5) is 0 Å². The number of hydrogen-bond acceptors (Lipinski definition) is 5. The molecule has 0 radical (unpaired) electrons. The molecule has 0 N–H and O–H groups in total. The van der Waals surface area contributed by atoms with Crippen LogP contribution in [0, 0.1) is 0 Å². The second kappa shape index (κ2) is 8.85. The predicted octanol–water partition coefficient (Wildman–Crippen LogP) is 3.02. The summed E-state index contributed by atoms with van der Waals surface area (Å²) >= 11 is 0. The number of ether oxygens (including phenoxy) is 2. The minimum absolute atomic E-state index is 0.0431. The molecule has 1 aromatic carbocycles. The maximum atomic E-state index is 12.2. The highest BCUT2D eigenvalue weighted by Gasteiger charge is 2.27. The maximum Gasteiger partial charge on any atom is 0.248 e. The number of benzene rings is 1. The molecule has 1 fully saturated rings. The molecule has 0 unspecified atom stereocenters. The van der Waals surface area contributed by atoms with Gasteiger partial charge in [-0.2, -0.15) is 0 Å². The molecular weight excluding hydrogens is 332 g/mol. The summed E-state index contributed by atoms with van der Waals surface area (Å²) in [7, 11) is 1.66. The third-order valence-electron chi connectivity index (χ3n) is 4.66. The van der Waals surface area contributed by atoms with E-state index in [4.69, 9.17) is 13.9 Å². The van der Waals surface area contributed by atoms with Gasteiger partial charge in [0.15, 0.2) is 5.89 Å². The van der Waals surface area contributed by atoms with E-state index in [1.165, 1.54) is 0 Å². The first-order valence-electron chi connectivity index (χ1n) is 9.12. The molecule has 1 saturated heterocycles. The molecule has 26 heavy (non-hydrogen) atoms. The molecule has 0 spiro atoms. The summed E-state index contributed by atoms with van der Waals surface area (Å²) in [5.74, 6) is 2.59. The highest BCUT2D eigenvalue weighted by atomic mass is 16.5. The van der Waals surface area contributed by atoms with E-state index in [-0.39, 0.29) is 18.4 Å². The van der Waals surface area contributed by atoms with E-state index in [1.807, 2.05) is 36.1 Å². The first-order valence-corrected chi connectivity index (χ1v) is 9.12. The van der Waals surface area contributed by atoms with E-state index >= 15 is 0 Å². The minimum atomic E-state index is 0.0431. The smallest absolute Gasteiger partial charge is 0.248 e. The molecule has 0 aliphatic carbocycles. The van der Waals surface area contributed by atoms with Crippen molar-refractivity contribution in [3.8, 4) is 5.75 Å². The lowest BCUT2D eigenvalue weighted by Gasteiger charge is -2.31. The Kier molecular flexibility index (Phi) is 6.28. The molecule has 140 valence electrons. The van der Waals surface area contributed by atoms with Crippen LogP contribution in [-0.2, 0) is 16.0 Å². The lowest BCUT2D eigenvalue weighted by Crippen LogP contribution is -2.41. The van der Waals surface area contributed by atoms with E-state index in [0.29, 0.717) is 19.6 Å². The maximum absolute atomic E-state index is 12.2. The Bertz CT molecular complexity index is 711. The van der Waals surface area contributed by atoms with Gasteiger partial charge in [0.2, 0.25) is 5.91 Å². The van der Waals surface area contributed by atoms with Crippen molar-refractivity contribution in [1.29, 1.82) is 0 Å². The molecular formula is C20H26N2O4. The summed E-state index contributed by atoms with van der Waals surface area (Å²) < 4.78 is 16.4. The van der Waals surface area contributed by atoms with E-state index in [1.54, 1.807) is 13.3 Å². The normalized spacial score (nSPS) is 17.3. The zero-order valence-corrected chi connectivity index (χ0v) is 15.4. The topological polar surface area (TPSA) is 64.8 Å². The van der Waals surface area contributed by atoms with Crippen LogP contribution in [0.2, 0.25) is 0 Å². The zero-order valence-electron chi connectivity index (χ0n) is 15.4. The van der Waals surface area contributed by atoms with E-state index in [0.717, 1.165) is 42.4 Å². The van der Waals surface area contributed by atoms with Crippen LogP contribution in [0.3, 0.4) is 0 Å². The van der Waals surface area contributed by atoms with Crippen molar-refractivity contribution in [2.45, 2.75) is 32.1 Å². The fraction of sp³-hybridized carbons (Fsp3) is 0.500. The van der Waals surface area contributed by atoms with Crippen LogP contribution in [0.5, 0.6) is 5.75 Å². The van der Waals surface area contributed by atoms with Crippen molar-refractivity contribution in [2.24, 2.45) is 0 Å². The lowest BCUT2D eigenvalue weighted by molar-refractivity contribution is -0.137. The molecule has 0 bridgehead atoms. The molecule has 6 heteroatoms. The third kappa shape index (κ3) is 4.64. The third-order valence-corrected chi connectivity index (χ3v) is 4.66. The van der Waals surface area contributed by atoms with Gasteiger partial charge in [-0.3, -0.25) is 4.79 Å². The number of aromatic nitrogens is 1. The Balaban J connectivity index is 1.60. The minimum Gasteiger partial charge on any atom is -0.497 e. The van der Waals surface area contributed by atoms with E-state index < -0.39 is 0 Å². The highest BCUT2D eigenvalue weighted by molar-refractivity contribution is 5.77. The summed E-state index contributed by atoms with van der Waals surface area (Å²) in [5.41, 5.74) is 1.14. The number of piperidine rings is 1. The van der Waals surface area contributed by atoms with Gasteiger partial charge in [0.25, 0.3) is 0 Å². The second-order valence-electron chi connectivity index (χ2n) is 6.51. The van der Waals surface area contributed by atoms with Gasteiger partial charge < -0.3 is 18.8 Å². The van der Waals surface area contributed by atoms with Crippen molar-refractivity contribution in [3.05, 3.63) is 47.7 Å². The van der Waals surface area contributed by atoms with Gasteiger partial charge in [-0.1, -0.05) is 12.1 Å². The summed E-state index contributed by atoms with van der Waals surface area (Å²) in [6.45, 7) is 4.02. The van der Waals surface area contributed by atoms with Gasteiger partial charge >= 0.3 is 0 Å². The SMILES string of the molecule is CCOCC(=O)N1CCC[C@H](c2ncc(Cc3ccc(OC)cc3)o2)C1. The van der Waals surface area contributed by atoms with Crippen molar-refractivity contribution >= 4 is 5.91 Å². The lowest BCUT2D eigenvalue weighted by atomic mass is 9.98. The van der Waals surface area contributed by atoms with Gasteiger partial charge in [-0.05, 0) is 37.5 Å². The highest BCUT2D eigenvalue weighted by Crippen LogP contribution is 2.27. The van der Waals surface area contributed by atoms with Gasteiger partial charge in [0, 0.05) is 26.1 Å². The first kappa shape index (κ1) is 18.5. The molecule has 0 saturated carbocycles. The molecule has 3 rings (SSSR count). The Morgan fingerprint density at radius 2 is 2.15 bits per heavy atom. The first-order chi connectivity index (χ1) is 12.7. The van der Waals surface area contributed by atoms with Crippen LogP contribution in [0.25, 0.3) is 0 Å². The fourth-order valence-electron chi connectivity index (χ4n) is 3.22. The van der Waals surface area contributed by atoms with Crippen LogP contribution in [-0.4, -0.2) is 49.2 Å². The van der Waals surface area contributed by atoms with Crippen LogP contribution in [0.1, 0.15) is 42.9 Å². The van der Waals surface area contributed by atoms with Crippen LogP contribution < -0.4 is 4.74 Å². The average molecular weight is 358 g/mol. The Labute approximate surface area is 154 Å². The van der Waals surface area contributed by atoms with E-state index in [9.17, 15) is 4.79 Å². The van der Waals surface area contributed by atoms with Crippen molar-refractivity contribution in [3.63, 3.8) is 0 Å². The van der Waals surface area contributed by atoms with Crippen LogP contribution in [0.15, 0.2) is 34.9 Å². The Hall–Kier alpha value is -2.34. The fourth-order valence-corrected chi connectivity index (χ4v) is 3.22. The summed E-state index contributed by atoms with van der Waals surface area (Å²) in [4.78, 5) is 18.5. The van der Waals surface area contributed by atoms with Crippen molar-refractivity contribution in [2.75, 3.05) is 33.4 Å². The largest absolute Gasteiger partial charge is 0.497 e. The molecule has 2 aromatic rings. The van der Waals surface area contributed by atoms with Gasteiger partial charge in [0.05, 0.1) is 19.2 Å². The molecule has 1 aromatic heterocycles. The number of carbonyl (C=O) groups excluding carboxylic acids is 1. The molecule has 2 heterocycles. The van der Waals surface area contributed by atoms with Crippen molar-refractivity contribution < 1.29 is 18.7 Å². The Morgan fingerprint density at radius 1 is 1.35 bits per heavy atom. The average Bonchev–Trinajstić information content (AvgIpc) is 3.15. The number of nitrogens with zero attached hydrogens (tertiary/aromatic N) is 2. The monoisotopic (exact) mass is 358 g/mol. The van der Waals surface area contributed by atoms with Gasteiger partial charge in [-0.15, -0.1) is 0 Å². The number of carbonyl (C=O) groups is 1. The number of hydrogen-bond donors (Lipinski definition) is 0. The quantitative estimate of drug-likeness (QED) is 0.761. The predicted molar refractivity (Wildman–Crippen MR) is 97.4 cm³/mol. The zero-order chi connectivity index (χ0) is 18.4. The molecule has 1 amide bonds. The molecule has 6 nitrogen and oxygen atoms in total. The Morgan fingerprint density at radius 3 is 2.88 bits per heavy atom.